The number of nitrogens with one attached hydrogen (secondary N) is 1. The third kappa shape index (κ3) is 3.02. The van der Waals surface area contributed by atoms with Crippen molar-refractivity contribution in [1.82, 2.24) is 15.0 Å². The lowest BCUT2D eigenvalue weighted by Crippen LogP contribution is -2.00. The predicted octanol–water partition coefficient (Wildman–Crippen LogP) is 4.42. The number of aromatic hydroxyl groups is 1. The van der Waals surface area contributed by atoms with Crippen molar-refractivity contribution in [2.24, 2.45) is 0 Å². The van der Waals surface area contributed by atoms with Crippen molar-refractivity contribution in [1.29, 1.82) is 0 Å². The van der Waals surface area contributed by atoms with E-state index in [1.54, 1.807) is 24.5 Å². The third-order valence-corrected chi connectivity index (χ3v) is 3.78. The molecule has 4 rings (SSSR count). The number of aromatic nitrogens is 3. The molecule has 0 atom stereocenters. The van der Waals surface area contributed by atoms with E-state index in [4.69, 9.17) is 0 Å². The maximum absolute atomic E-state index is 13.5. The lowest BCUT2D eigenvalue weighted by molar-refractivity contribution is 0.476. The summed E-state index contributed by atoms with van der Waals surface area (Å²) in [7, 11) is 0. The summed E-state index contributed by atoms with van der Waals surface area (Å²) >= 11 is 0. The van der Waals surface area contributed by atoms with Crippen molar-refractivity contribution < 1.29 is 13.9 Å². The van der Waals surface area contributed by atoms with Gasteiger partial charge in [-0.3, -0.25) is 4.98 Å². The molecule has 5 nitrogen and oxygen atoms in total. The average molecular weight is 350 g/mol. The highest BCUT2D eigenvalue weighted by molar-refractivity contribution is 5.93. The molecule has 0 aliphatic rings. The van der Waals surface area contributed by atoms with E-state index in [0.29, 0.717) is 33.8 Å². The Balaban J connectivity index is 1.87. The van der Waals surface area contributed by atoms with Crippen LogP contribution in [0.5, 0.6) is 5.75 Å². The minimum atomic E-state index is -0.969. The van der Waals surface area contributed by atoms with Gasteiger partial charge in [0.25, 0.3) is 0 Å². The van der Waals surface area contributed by atoms with Gasteiger partial charge < -0.3 is 10.4 Å². The Kier molecular flexibility index (Phi) is 3.89. The largest absolute Gasteiger partial charge is 0.508 e. The van der Waals surface area contributed by atoms with Crippen LogP contribution in [0.2, 0.25) is 0 Å². The molecule has 0 aliphatic carbocycles. The molecule has 0 saturated carbocycles. The number of rotatable bonds is 3. The zero-order chi connectivity index (χ0) is 18.1. The summed E-state index contributed by atoms with van der Waals surface area (Å²) in [5.74, 6) is -1.08. The molecule has 2 heterocycles. The fraction of sp³-hybridized carbons (Fsp3) is 0. The quantitative estimate of drug-likeness (QED) is 0.572. The first-order chi connectivity index (χ1) is 12.6. The van der Waals surface area contributed by atoms with Gasteiger partial charge in [-0.05, 0) is 42.5 Å². The highest BCUT2D eigenvalue weighted by Gasteiger charge is 2.12. The van der Waals surface area contributed by atoms with Crippen LogP contribution < -0.4 is 5.32 Å². The minimum Gasteiger partial charge on any atom is -0.508 e. The summed E-state index contributed by atoms with van der Waals surface area (Å²) in [6.45, 7) is 0. The summed E-state index contributed by atoms with van der Waals surface area (Å²) in [6, 6.07) is 11.7. The van der Waals surface area contributed by atoms with Crippen LogP contribution in [0.15, 0.2) is 60.9 Å². The maximum atomic E-state index is 13.5. The van der Waals surface area contributed by atoms with Crippen LogP contribution in [0.1, 0.15) is 0 Å². The highest BCUT2D eigenvalue weighted by atomic mass is 19.2. The van der Waals surface area contributed by atoms with Gasteiger partial charge in [0.2, 0.25) is 0 Å². The molecule has 7 heteroatoms. The maximum Gasteiger partial charge on any atom is 0.163 e. The fourth-order valence-corrected chi connectivity index (χ4v) is 2.55. The normalized spacial score (nSPS) is 10.8. The second-order valence-electron chi connectivity index (χ2n) is 5.59. The molecule has 4 aromatic rings. The van der Waals surface area contributed by atoms with Gasteiger partial charge in [-0.2, -0.15) is 0 Å². The first kappa shape index (κ1) is 15.9. The van der Waals surface area contributed by atoms with Crippen LogP contribution >= 0.6 is 0 Å². The van der Waals surface area contributed by atoms with E-state index < -0.39 is 11.6 Å². The van der Waals surface area contributed by atoms with Gasteiger partial charge in [0.15, 0.2) is 17.5 Å². The number of benzene rings is 2. The average Bonchev–Trinajstić information content (AvgIpc) is 2.65. The molecule has 0 saturated heterocycles. The lowest BCUT2D eigenvalue weighted by Gasteiger charge is -2.11. The summed E-state index contributed by atoms with van der Waals surface area (Å²) in [4.78, 5) is 13.0. The van der Waals surface area contributed by atoms with E-state index in [1.807, 2.05) is 6.07 Å². The number of pyridine rings is 1. The van der Waals surface area contributed by atoms with E-state index in [9.17, 15) is 13.9 Å². The van der Waals surface area contributed by atoms with E-state index >= 15 is 0 Å². The fourth-order valence-electron chi connectivity index (χ4n) is 2.55. The number of fused-ring (bicyclic) bond motifs is 1. The summed E-state index contributed by atoms with van der Waals surface area (Å²) in [6.07, 6.45) is 3.27. The molecule has 2 N–H and O–H groups in total. The van der Waals surface area contributed by atoms with Gasteiger partial charge in [0, 0.05) is 35.1 Å². The minimum absolute atomic E-state index is 0.0450. The zero-order valence-electron chi connectivity index (χ0n) is 13.3. The van der Waals surface area contributed by atoms with Crippen LogP contribution in [0.4, 0.5) is 20.3 Å². The summed E-state index contributed by atoms with van der Waals surface area (Å²) in [5, 5.41) is 13.3. The Hall–Kier alpha value is -3.61. The Morgan fingerprint density at radius 1 is 0.923 bits per heavy atom. The van der Waals surface area contributed by atoms with E-state index in [2.05, 4.69) is 20.3 Å². The number of nitrogens with zero attached hydrogens (tertiary/aromatic N) is 3. The lowest BCUT2D eigenvalue weighted by atomic mass is 10.2. The molecule has 26 heavy (non-hydrogen) atoms. The Morgan fingerprint density at radius 2 is 1.81 bits per heavy atom. The van der Waals surface area contributed by atoms with Crippen LogP contribution in [0.3, 0.4) is 0 Å². The van der Waals surface area contributed by atoms with Crippen molar-refractivity contribution in [2.75, 3.05) is 5.32 Å². The van der Waals surface area contributed by atoms with Crippen molar-refractivity contribution in [2.45, 2.75) is 0 Å². The van der Waals surface area contributed by atoms with Crippen LogP contribution in [0, 0.1) is 11.6 Å². The molecule has 0 unspecified atom stereocenters. The smallest absolute Gasteiger partial charge is 0.163 e. The molecule has 0 bridgehead atoms. The first-order valence-corrected chi connectivity index (χ1v) is 7.73. The number of hydrogen-bond donors (Lipinski definition) is 2. The van der Waals surface area contributed by atoms with Gasteiger partial charge in [0.05, 0.1) is 5.52 Å². The first-order valence-electron chi connectivity index (χ1n) is 7.73. The van der Waals surface area contributed by atoms with Crippen molar-refractivity contribution >= 4 is 22.4 Å². The molecule has 128 valence electrons. The number of phenolic OH excluding ortho intramolecular Hbond substituents is 1. The number of anilines is 2. The van der Waals surface area contributed by atoms with Gasteiger partial charge in [-0.1, -0.05) is 0 Å². The molecular formula is C19H12F2N4O. The van der Waals surface area contributed by atoms with Gasteiger partial charge in [-0.15, -0.1) is 0 Å². The number of hydrogen-bond acceptors (Lipinski definition) is 5. The van der Waals surface area contributed by atoms with Crippen LogP contribution in [-0.2, 0) is 0 Å². The van der Waals surface area contributed by atoms with Crippen LogP contribution in [0.25, 0.3) is 22.3 Å². The molecule has 0 aliphatic heterocycles. The molecule has 0 amide bonds. The van der Waals surface area contributed by atoms with Gasteiger partial charge >= 0.3 is 0 Å². The number of halogens is 2. The van der Waals surface area contributed by atoms with Gasteiger partial charge in [0.1, 0.15) is 11.6 Å². The Morgan fingerprint density at radius 3 is 2.58 bits per heavy atom. The second-order valence-corrected chi connectivity index (χ2v) is 5.59. The second kappa shape index (κ2) is 6.36. The number of phenols is 1. The molecular weight excluding hydrogens is 338 g/mol. The van der Waals surface area contributed by atoms with Crippen molar-refractivity contribution in [3.05, 3.63) is 72.6 Å². The molecule has 0 spiro atoms. The monoisotopic (exact) mass is 350 g/mol. The molecule has 0 fully saturated rings. The highest BCUT2D eigenvalue weighted by Crippen LogP contribution is 2.29. The topological polar surface area (TPSA) is 70.9 Å². The van der Waals surface area contributed by atoms with Crippen molar-refractivity contribution in [3.8, 4) is 17.1 Å². The van der Waals surface area contributed by atoms with E-state index in [1.165, 1.54) is 18.2 Å². The molecule has 2 aromatic carbocycles. The predicted molar refractivity (Wildman–Crippen MR) is 94.1 cm³/mol. The molecule has 2 aromatic heterocycles. The van der Waals surface area contributed by atoms with Crippen LogP contribution in [-0.4, -0.2) is 20.1 Å². The standard InChI is InChI=1S/C19H12F2N4O/c20-15-5-3-12(8-16(15)21)23-19-14-9-13(26)4-6-17(14)24-18(25-19)11-2-1-7-22-10-11/h1-10,26H,(H,23,24,25). The molecule has 0 radical (unpaired) electrons. The summed E-state index contributed by atoms with van der Waals surface area (Å²) < 4.78 is 26.7. The van der Waals surface area contributed by atoms with Crippen molar-refractivity contribution in [3.63, 3.8) is 0 Å². The Bertz CT molecular complexity index is 1100. The van der Waals surface area contributed by atoms with E-state index in [0.717, 1.165) is 12.1 Å². The Labute approximate surface area is 147 Å². The van der Waals surface area contributed by atoms with E-state index in [-0.39, 0.29) is 5.75 Å². The zero-order valence-corrected chi connectivity index (χ0v) is 13.3. The third-order valence-electron chi connectivity index (χ3n) is 3.78. The van der Waals surface area contributed by atoms with Gasteiger partial charge in [-0.25, -0.2) is 18.7 Å². The summed E-state index contributed by atoms with van der Waals surface area (Å²) in [5.41, 5.74) is 1.61. The SMILES string of the molecule is Oc1ccc2nc(-c3cccnc3)nc(Nc3ccc(F)c(F)c3)c2c1.